The van der Waals surface area contributed by atoms with E-state index in [9.17, 15) is 14.4 Å². The van der Waals surface area contributed by atoms with Crippen LogP contribution in [0.5, 0.6) is 0 Å². The summed E-state index contributed by atoms with van der Waals surface area (Å²) in [6.07, 6.45) is 9.33. The topological polar surface area (TPSA) is 122 Å². The molecule has 0 saturated carbocycles. The van der Waals surface area contributed by atoms with Gasteiger partial charge in [0.25, 0.3) is 0 Å². The SMILES string of the molecule is O=C(O)C=CC(=O)O.O=Cc1ccn(NCCCc2ccnc3cc(Cl)ccc23)c1. The van der Waals surface area contributed by atoms with E-state index in [2.05, 4.69) is 16.5 Å². The molecule has 0 spiro atoms. The first-order chi connectivity index (χ1) is 14.4. The van der Waals surface area contributed by atoms with Gasteiger partial charge in [0.05, 0.1) is 5.52 Å². The first-order valence-electron chi connectivity index (χ1n) is 8.93. The number of pyridine rings is 1. The summed E-state index contributed by atoms with van der Waals surface area (Å²) in [5, 5.41) is 17.5. The number of carboxylic acids is 2. The van der Waals surface area contributed by atoms with Crippen LogP contribution in [0.4, 0.5) is 0 Å². The van der Waals surface area contributed by atoms with Gasteiger partial charge in [0, 0.05) is 53.3 Å². The fourth-order valence-corrected chi connectivity index (χ4v) is 2.78. The van der Waals surface area contributed by atoms with Crippen LogP contribution in [0.15, 0.2) is 61.1 Å². The summed E-state index contributed by atoms with van der Waals surface area (Å²) in [6.45, 7) is 0.824. The van der Waals surface area contributed by atoms with E-state index in [1.54, 1.807) is 12.3 Å². The van der Waals surface area contributed by atoms with Crippen LogP contribution >= 0.6 is 11.6 Å². The predicted octanol–water partition coefficient (Wildman–Crippen LogP) is 3.39. The number of aryl methyl sites for hydroxylation is 1. The maximum atomic E-state index is 10.6. The van der Waals surface area contributed by atoms with E-state index < -0.39 is 11.9 Å². The number of carbonyl (C=O) groups excluding carboxylic acids is 1. The number of aldehydes is 1. The van der Waals surface area contributed by atoms with E-state index >= 15 is 0 Å². The summed E-state index contributed by atoms with van der Waals surface area (Å²) < 4.78 is 1.81. The number of nitrogens with one attached hydrogen (secondary N) is 1. The normalized spacial score (nSPS) is 10.4. The van der Waals surface area contributed by atoms with Crippen molar-refractivity contribution in [1.29, 1.82) is 0 Å². The van der Waals surface area contributed by atoms with Crippen LogP contribution in [0.25, 0.3) is 10.9 Å². The van der Waals surface area contributed by atoms with E-state index in [1.807, 2.05) is 35.3 Å². The minimum atomic E-state index is -1.26. The van der Waals surface area contributed by atoms with Gasteiger partial charge in [0.15, 0.2) is 6.29 Å². The smallest absolute Gasteiger partial charge is 0.328 e. The second kappa shape index (κ2) is 11.4. The van der Waals surface area contributed by atoms with Crippen molar-refractivity contribution < 1.29 is 24.6 Å². The zero-order chi connectivity index (χ0) is 21.9. The Morgan fingerprint density at radius 3 is 2.50 bits per heavy atom. The number of nitrogens with zero attached hydrogens (tertiary/aromatic N) is 2. The summed E-state index contributed by atoms with van der Waals surface area (Å²) in [4.78, 5) is 34.1. The third-order valence-electron chi connectivity index (χ3n) is 3.93. The zero-order valence-electron chi connectivity index (χ0n) is 15.9. The van der Waals surface area contributed by atoms with Crippen LogP contribution in [-0.2, 0) is 16.0 Å². The Hall–Kier alpha value is -3.65. The fourth-order valence-electron chi connectivity index (χ4n) is 2.61. The van der Waals surface area contributed by atoms with Crippen LogP contribution in [0.1, 0.15) is 22.3 Å². The molecule has 3 N–H and O–H groups in total. The lowest BCUT2D eigenvalue weighted by Gasteiger charge is -2.09. The molecule has 156 valence electrons. The molecule has 2 aromatic heterocycles. The van der Waals surface area contributed by atoms with Crippen LogP contribution in [-0.4, -0.2) is 44.6 Å². The number of halogens is 1. The van der Waals surface area contributed by atoms with Crippen LogP contribution in [0, 0.1) is 0 Å². The Bertz CT molecular complexity index is 1050. The third kappa shape index (κ3) is 7.40. The standard InChI is InChI=1S/C17H16ClN3O.C4H4O4/c18-15-3-4-16-14(5-8-19-17(16)10-15)2-1-7-20-21-9-6-13(11-21)12-22;5-3(6)1-2-4(7)8/h3-6,8-12,20H,1-2,7H2;1-2H,(H,5,6)(H,7,8). The summed E-state index contributed by atoms with van der Waals surface area (Å²) in [6, 6.07) is 9.64. The molecule has 3 rings (SSSR count). The monoisotopic (exact) mass is 429 g/mol. The number of rotatable bonds is 8. The van der Waals surface area contributed by atoms with Crippen molar-refractivity contribution in [3.05, 3.63) is 77.2 Å². The van der Waals surface area contributed by atoms with E-state index in [4.69, 9.17) is 21.8 Å². The van der Waals surface area contributed by atoms with Crippen LogP contribution in [0.3, 0.4) is 0 Å². The molecule has 0 saturated heterocycles. The largest absolute Gasteiger partial charge is 0.478 e. The molecule has 0 aliphatic carbocycles. The summed E-state index contributed by atoms with van der Waals surface area (Å²) in [5.41, 5.74) is 6.12. The fraction of sp³-hybridized carbons (Fsp3) is 0.143. The lowest BCUT2D eigenvalue weighted by molar-refractivity contribution is -0.134. The molecule has 0 aliphatic heterocycles. The Labute approximate surface area is 177 Å². The zero-order valence-corrected chi connectivity index (χ0v) is 16.6. The molecule has 0 bridgehead atoms. The first kappa shape index (κ1) is 22.6. The Balaban J connectivity index is 0.000000343. The molecule has 0 fully saturated rings. The molecule has 3 aromatic rings. The predicted molar refractivity (Wildman–Crippen MR) is 114 cm³/mol. The Kier molecular flexibility index (Phi) is 8.58. The van der Waals surface area contributed by atoms with Gasteiger partial charge in [-0.1, -0.05) is 17.7 Å². The number of fused-ring (bicyclic) bond motifs is 1. The van der Waals surface area contributed by atoms with Gasteiger partial charge in [-0.05, 0) is 42.7 Å². The van der Waals surface area contributed by atoms with Crippen molar-refractivity contribution in [2.24, 2.45) is 0 Å². The lowest BCUT2D eigenvalue weighted by Crippen LogP contribution is -2.14. The molecule has 2 heterocycles. The van der Waals surface area contributed by atoms with Gasteiger partial charge >= 0.3 is 11.9 Å². The number of benzene rings is 1. The molecule has 0 aliphatic rings. The van der Waals surface area contributed by atoms with Crippen LogP contribution in [0.2, 0.25) is 5.02 Å². The molecule has 1 aromatic carbocycles. The quantitative estimate of drug-likeness (QED) is 0.285. The first-order valence-corrected chi connectivity index (χ1v) is 9.31. The number of aromatic nitrogens is 2. The van der Waals surface area contributed by atoms with Crippen molar-refractivity contribution >= 4 is 40.7 Å². The Morgan fingerprint density at radius 1 is 1.13 bits per heavy atom. The van der Waals surface area contributed by atoms with E-state index in [0.717, 1.165) is 36.6 Å². The van der Waals surface area contributed by atoms with Crippen molar-refractivity contribution in [3.8, 4) is 0 Å². The van der Waals surface area contributed by atoms with Gasteiger partial charge in [-0.2, -0.15) is 0 Å². The van der Waals surface area contributed by atoms with E-state index in [-0.39, 0.29) is 0 Å². The number of carboxylic acid groups (broad SMARTS) is 2. The maximum Gasteiger partial charge on any atom is 0.328 e. The summed E-state index contributed by atoms with van der Waals surface area (Å²) >= 11 is 6.00. The third-order valence-corrected chi connectivity index (χ3v) is 4.17. The summed E-state index contributed by atoms with van der Waals surface area (Å²) in [5.74, 6) is -2.51. The number of hydrogen-bond acceptors (Lipinski definition) is 5. The van der Waals surface area contributed by atoms with E-state index in [0.29, 0.717) is 22.7 Å². The molecule has 0 unspecified atom stereocenters. The summed E-state index contributed by atoms with van der Waals surface area (Å²) in [7, 11) is 0. The Morgan fingerprint density at radius 2 is 1.87 bits per heavy atom. The van der Waals surface area contributed by atoms with Gasteiger partial charge in [-0.25, -0.2) is 9.59 Å². The minimum Gasteiger partial charge on any atom is -0.478 e. The highest BCUT2D eigenvalue weighted by Gasteiger charge is 2.03. The molecular formula is C21H20ClN3O5. The van der Waals surface area contributed by atoms with Crippen molar-refractivity contribution in [1.82, 2.24) is 9.66 Å². The minimum absolute atomic E-state index is 0.558. The van der Waals surface area contributed by atoms with Crippen LogP contribution < -0.4 is 5.43 Å². The van der Waals surface area contributed by atoms with Gasteiger partial charge < -0.3 is 15.6 Å². The van der Waals surface area contributed by atoms with Crippen molar-refractivity contribution in [2.75, 3.05) is 12.0 Å². The maximum absolute atomic E-state index is 10.6. The molecule has 0 atom stereocenters. The second-order valence-corrected chi connectivity index (χ2v) is 6.56. The average Bonchev–Trinajstić information content (AvgIpc) is 3.18. The molecule has 0 radical (unpaired) electrons. The molecular weight excluding hydrogens is 410 g/mol. The molecule has 8 nitrogen and oxygen atoms in total. The molecule has 0 amide bonds. The highest BCUT2D eigenvalue weighted by atomic mass is 35.5. The lowest BCUT2D eigenvalue weighted by atomic mass is 10.0. The number of hydrogen-bond donors (Lipinski definition) is 3. The van der Waals surface area contributed by atoms with Gasteiger partial charge in [0.1, 0.15) is 0 Å². The van der Waals surface area contributed by atoms with Crippen molar-refractivity contribution in [3.63, 3.8) is 0 Å². The van der Waals surface area contributed by atoms with E-state index in [1.165, 1.54) is 5.56 Å². The van der Waals surface area contributed by atoms with Gasteiger partial charge in [-0.3, -0.25) is 14.5 Å². The highest BCUT2D eigenvalue weighted by molar-refractivity contribution is 6.31. The van der Waals surface area contributed by atoms with Crippen molar-refractivity contribution in [2.45, 2.75) is 12.8 Å². The van der Waals surface area contributed by atoms with Gasteiger partial charge in [-0.15, -0.1) is 0 Å². The number of aliphatic carboxylic acids is 2. The molecule has 30 heavy (non-hydrogen) atoms. The average molecular weight is 430 g/mol. The highest BCUT2D eigenvalue weighted by Crippen LogP contribution is 2.21. The van der Waals surface area contributed by atoms with Gasteiger partial charge in [0.2, 0.25) is 0 Å². The number of carbonyl (C=O) groups is 3. The second-order valence-electron chi connectivity index (χ2n) is 6.12. The molecule has 9 heteroatoms.